The third-order valence-corrected chi connectivity index (χ3v) is 4.48. The van der Waals surface area contributed by atoms with Gasteiger partial charge in [-0.05, 0) is 65.4 Å². The van der Waals surface area contributed by atoms with E-state index in [4.69, 9.17) is 0 Å². The first-order chi connectivity index (χ1) is 9.19. The number of rotatable bonds is 5. The normalized spacial score (nSPS) is 10.5. The molecule has 2 rings (SSSR count). The van der Waals surface area contributed by atoms with E-state index in [1.165, 1.54) is 10.5 Å². The number of aromatic nitrogens is 1. The number of pyridine rings is 1. The zero-order valence-electron chi connectivity index (χ0n) is 11.1. The van der Waals surface area contributed by atoms with Crippen LogP contribution in [-0.2, 0) is 6.42 Å². The van der Waals surface area contributed by atoms with E-state index in [-0.39, 0.29) is 0 Å². The summed E-state index contributed by atoms with van der Waals surface area (Å²) in [6, 6.07) is 12.7. The van der Waals surface area contributed by atoms with E-state index in [1.807, 2.05) is 19.1 Å². The zero-order chi connectivity index (χ0) is 13.7. The second-order valence-electron chi connectivity index (χ2n) is 4.29. The lowest BCUT2D eigenvalue weighted by molar-refractivity contribution is 0.997. The van der Waals surface area contributed by atoms with Crippen molar-refractivity contribution in [3.63, 3.8) is 0 Å². The fourth-order valence-corrected chi connectivity index (χ4v) is 2.40. The summed E-state index contributed by atoms with van der Waals surface area (Å²) in [7, 11) is 0. The molecular weight excluding hydrogens is 320 g/mol. The molecule has 1 aromatic carbocycles. The van der Waals surface area contributed by atoms with Crippen molar-refractivity contribution in [1.82, 2.24) is 4.98 Å². The SMILES string of the molecule is CSc1ccc(CCNc2ccc(Br)c(C)n2)cc1. The van der Waals surface area contributed by atoms with Gasteiger partial charge in [-0.15, -0.1) is 11.8 Å². The van der Waals surface area contributed by atoms with E-state index < -0.39 is 0 Å². The Labute approximate surface area is 127 Å². The maximum Gasteiger partial charge on any atom is 0.126 e. The van der Waals surface area contributed by atoms with E-state index in [0.29, 0.717) is 0 Å². The molecule has 0 bridgehead atoms. The standard InChI is InChI=1S/C15H17BrN2S/c1-11-14(16)7-8-15(18-11)17-10-9-12-3-5-13(19-2)6-4-12/h3-8H,9-10H2,1-2H3,(H,17,18). The second-order valence-corrected chi connectivity index (χ2v) is 6.02. The van der Waals surface area contributed by atoms with Crippen molar-refractivity contribution in [1.29, 1.82) is 0 Å². The molecule has 0 atom stereocenters. The molecule has 0 spiro atoms. The van der Waals surface area contributed by atoms with Crippen LogP contribution in [0.2, 0.25) is 0 Å². The maximum absolute atomic E-state index is 4.47. The van der Waals surface area contributed by atoms with Crippen molar-refractivity contribution >= 4 is 33.5 Å². The Bertz CT molecular complexity index is 540. The highest BCUT2D eigenvalue weighted by atomic mass is 79.9. The number of hydrogen-bond donors (Lipinski definition) is 1. The second kappa shape index (κ2) is 6.96. The minimum Gasteiger partial charge on any atom is -0.370 e. The summed E-state index contributed by atoms with van der Waals surface area (Å²) in [6.45, 7) is 2.89. The fraction of sp³-hybridized carbons (Fsp3) is 0.267. The van der Waals surface area contributed by atoms with Crippen LogP contribution in [0.5, 0.6) is 0 Å². The molecule has 0 aliphatic heterocycles. The minimum absolute atomic E-state index is 0.896. The molecule has 0 aliphatic rings. The highest BCUT2D eigenvalue weighted by molar-refractivity contribution is 9.10. The number of anilines is 1. The molecule has 0 saturated heterocycles. The van der Waals surface area contributed by atoms with Crippen LogP contribution in [0.4, 0.5) is 5.82 Å². The van der Waals surface area contributed by atoms with E-state index in [1.54, 1.807) is 11.8 Å². The van der Waals surface area contributed by atoms with E-state index in [0.717, 1.165) is 29.0 Å². The third-order valence-electron chi connectivity index (χ3n) is 2.90. The van der Waals surface area contributed by atoms with E-state index >= 15 is 0 Å². The van der Waals surface area contributed by atoms with Crippen molar-refractivity contribution in [2.24, 2.45) is 0 Å². The number of halogens is 1. The first-order valence-corrected chi connectivity index (χ1v) is 8.21. The van der Waals surface area contributed by atoms with Crippen LogP contribution in [-0.4, -0.2) is 17.8 Å². The Morgan fingerprint density at radius 1 is 1.16 bits per heavy atom. The summed E-state index contributed by atoms with van der Waals surface area (Å²) in [5, 5.41) is 3.35. The van der Waals surface area contributed by atoms with Gasteiger partial charge in [0.05, 0.1) is 5.69 Å². The lowest BCUT2D eigenvalue weighted by Crippen LogP contribution is -2.06. The Hall–Kier alpha value is -1.00. The van der Waals surface area contributed by atoms with E-state index in [2.05, 4.69) is 56.8 Å². The molecular formula is C15H17BrN2S. The highest BCUT2D eigenvalue weighted by Crippen LogP contribution is 2.17. The average Bonchev–Trinajstić information content (AvgIpc) is 2.43. The Balaban J connectivity index is 1.86. The van der Waals surface area contributed by atoms with Gasteiger partial charge in [0.15, 0.2) is 0 Å². The van der Waals surface area contributed by atoms with Crippen LogP contribution in [0.3, 0.4) is 0 Å². The molecule has 0 saturated carbocycles. The molecule has 4 heteroatoms. The van der Waals surface area contributed by atoms with Crippen molar-refractivity contribution in [2.75, 3.05) is 18.1 Å². The largest absolute Gasteiger partial charge is 0.370 e. The van der Waals surface area contributed by atoms with Gasteiger partial charge in [0, 0.05) is 15.9 Å². The predicted molar refractivity (Wildman–Crippen MR) is 87.1 cm³/mol. The first kappa shape index (κ1) is 14.4. The van der Waals surface area contributed by atoms with Gasteiger partial charge in [-0.25, -0.2) is 4.98 Å². The molecule has 19 heavy (non-hydrogen) atoms. The molecule has 1 aromatic heterocycles. The number of benzene rings is 1. The Kier molecular flexibility index (Phi) is 5.28. The highest BCUT2D eigenvalue weighted by Gasteiger charge is 1.99. The van der Waals surface area contributed by atoms with Gasteiger partial charge in [0.2, 0.25) is 0 Å². The lowest BCUT2D eigenvalue weighted by atomic mass is 10.1. The van der Waals surface area contributed by atoms with Crippen LogP contribution in [0.25, 0.3) is 0 Å². The van der Waals surface area contributed by atoms with Gasteiger partial charge >= 0.3 is 0 Å². The molecule has 100 valence electrons. The summed E-state index contributed by atoms with van der Waals surface area (Å²) in [6.07, 6.45) is 3.10. The van der Waals surface area contributed by atoms with Gasteiger partial charge in [0.1, 0.15) is 5.82 Å². The Morgan fingerprint density at radius 2 is 1.89 bits per heavy atom. The van der Waals surface area contributed by atoms with Crippen LogP contribution in [0.1, 0.15) is 11.3 Å². The van der Waals surface area contributed by atoms with Crippen LogP contribution in [0.15, 0.2) is 45.8 Å². The zero-order valence-corrected chi connectivity index (χ0v) is 13.5. The Morgan fingerprint density at radius 3 is 2.53 bits per heavy atom. The van der Waals surface area contributed by atoms with Gasteiger partial charge in [0.25, 0.3) is 0 Å². The summed E-state index contributed by atoms with van der Waals surface area (Å²) >= 11 is 5.23. The lowest BCUT2D eigenvalue weighted by Gasteiger charge is -2.07. The molecule has 2 nitrogen and oxygen atoms in total. The van der Waals surface area contributed by atoms with Crippen LogP contribution >= 0.6 is 27.7 Å². The predicted octanol–water partition coefficient (Wildman–Crippen LogP) is 4.53. The molecule has 0 amide bonds. The van der Waals surface area contributed by atoms with Crippen molar-refractivity contribution in [3.8, 4) is 0 Å². The van der Waals surface area contributed by atoms with Gasteiger partial charge in [-0.3, -0.25) is 0 Å². The minimum atomic E-state index is 0.896. The molecule has 0 radical (unpaired) electrons. The van der Waals surface area contributed by atoms with E-state index in [9.17, 15) is 0 Å². The van der Waals surface area contributed by atoms with Crippen molar-refractivity contribution in [2.45, 2.75) is 18.2 Å². The summed E-state index contributed by atoms with van der Waals surface area (Å²) in [5.41, 5.74) is 2.36. The average molecular weight is 337 g/mol. The number of nitrogens with zero attached hydrogens (tertiary/aromatic N) is 1. The third kappa shape index (κ3) is 4.25. The summed E-state index contributed by atoms with van der Waals surface area (Å²) in [4.78, 5) is 5.78. The molecule has 0 aliphatic carbocycles. The first-order valence-electron chi connectivity index (χ1n) is 6.19. The maximum atomic E-state index is 4.47. The fourth-order valence-electron chi connectivity index (χ4n) is 1.77. The van der Waals surface area contributed by atoms with Crippen LogP contribution < -0.4 is 5.32 Å². The van der Waals surface area contributed by atoms with Crippen molar-refractivity contribution in [3.05, 3.63) is 52.1 Å². The number of thioether (sulfide) groups is 1. The molecule has 1 N–H and O–H groups in total. The number of aryl methyl sites for hydroxylation is 1. The van der Waals surface area contributed by atoms with Crippen LogP contribution in [0, 0.1) is 6.92 Å². The molecule has 1 heterocycles. The summed E-state index contributed by atoms with van der Waals surface area (Å²) in [5.74, 6) is 0.932. The monoisotopic (exact) mass is 336 g/mol. The molecule has 0 fully saturated rings. The number of nitrogens with one attached hydrogen (secondary N) is 1. The number of hydrogen-bond acceptors (Lipinski definition) is 3. The smallest absolute Gasteiger partial charge is 0.126 e. The van der Waals surface area contributed by atoms with Gasteiger partial charge in [-0.2, -0.15) is 0 Å². The molecule has 0 unspecified atom stereocenters. The van der Waals surface area contributed by atoms with Crippen molar-refractivity contribution < 1.29 is 0 Å². The molecule has 2 aromatic rings. The quantitative estimate of drug-likeness (QED) is 0.812. The van der Waals surface area contributed by atoms with Gasteiger partial charge in [-0.1, -0.05) is 12.1 Å². The van der Waals surface area contributed by atoms with Gasteiger partial charge < -0.3 is 5.32 Å². The topological polar surface area (TPSA) is 24.9 Å². The summed E-state index contributed by atoms with van der Waals surface area (Å²) < 4.78 is 1.05.